The molecule has 0 bridgehead atoms. The van der Waals surface area contributed by atoms with E-state index in [-0.39, 0.29) is 19.0 Å². The van der Waals surface area contributed by atoms with Crippen LogP contribution in [0.3, 0.4) is 0 Å². The summed E-state index contributed by atoms with van der Waals surface area (Å²) in [6.45, 7) is 7.13. The third-order valence-electron chi connectivity index (χ3n) is 1.90. The number of Topliss-reactive ketones (excluding diaryl/α,β-unsaturated/α-hetero) is 2. The maximum Gasteiger partial charge on any atom is 0.134 e. The summed E-state index contributed by atoms with van der Waals surface area (Å²) in [6.07, 6.45) is 0.900. The van der Waals surface area contributed by atoms with Crippen LogP contribution in [-0.2, 0) is 22.4 Å². The minimum atomic E-state index is 0. The van der Waals surface area contributed by atoms with Gasteiger partial charge in [-0.05, 0) is 25.0 Å². The third-order valence-corrected chi connectivity index (χ3v) is 1.90. The Morgan fingerprint density at radius 1 is 0.941 bits per heavy atom. The van der Waals surface area contributed by atoms with Gasteiger partial charge in [-0.15, -0.1) is 0 Å². The monoisotopic (exact) mass is 236 g/mol. The lowest BCUT2D eigenvalue weighted by atomic mass is 10.0. The second-order valence-electron chi connectivity index (χ2n) is 3.58. The number of hydrogen-bond donors (Lipinski definition) is 0. The first kappa shape index (κ1) is 17.9. The molecule has 0 radical (unpaired) electrons. The fourth-order valence-electron chi connectivity index (χ4n) is 1.42. The molecular formula is C15H24O2. The van der Waals surface area contributed by atoms with Crippen LogP contribution in [0.1, 0.15) is 46.2 Å². The highest BCUT2D eigenvalue weighted by molar-refractivity contribution is 5.79. The highest BCUT2D eigenvalue weighted by atomic mass is 16.1. The van der Waals surface area contributed by atoms with Crippen LogP contribution in [0.15, 0.2) is 24.3 Å². The lowest BCUT2D eigenvalue weighted by molar-refractivity contribution is -0.117. The Balaban J connectivity index is 0. The second-order valence-corrected chi connectivity index (χ2v) is 3.58. The standard InChI is InChI=1S/C12H14O2.C2H6.CH4/c1-9(13)6-11-4-3-5-12(8-11)7-10(2)14;1-2;/h3-5,8H,6-7H2,1-2H3;1-2H3;1H4. The number of rotatable bonds is 4. The van der Waals surface area contributed by atoms with Crippen LogP contribution in [-0.4, -0.2) is 11.6 Å². The molecule has 1 rings (SSSR count). The average molecular weight is 236 g/mol. The van der Waals surface area contributed by atoms with Crippen molar-refractivity contribution in [2.75, 3.05) is 0 Å². The quantitative estimate of drug-likeness (QED) is 0.800. The van der Waals surface area contributed by atoms with Gasteiger partial charge < -0.3 is 0 Å². The Kier molecular flexibility index (Phi) is 10.3. The zero-order valence-electron chi connectivity index (χ0n) is 10.5. The molecule has 2 nitrogen and oxygen atoms in total. The van der Waals surface area contributed by atoms with Gasteiger partial charge in [0.2, 0.25) is 0 Å². The van der Waals surface area contributed by atoms with E-state index in [0.29, 0.717) is 12.8 Å². The molecule has 0 aliphatic heterocycles. The highest BCUT2D eigenvalue weighted by Gasteiger charge is 2.01. The van der Waals surface area contributed by atoms with Gasteiger partial charge in [0.05, 0.1) is 0 Å². The number of carbonyl (C=O) groups is 2. The second kappa shape index (κ2) is 9.76. The van der Waals surface area contributed by atoms with Crippen molar-refractivity contribution in [3.63, 3.8) is 0 Å². The molecule has 0 saturated carbocycles. The first-order valence-electron chi connectivity index (χ1n) is 5.64. The topological polar surface area (TPSA) is 34.1 Å². The third kappa shape index (κ3) is 8.38. The largest absolute Gasteiger partial charge is 0.300 e. The summed E-state index contributed by atoms with van der Waals surface area (Å²) in [5.74, 6) is 0.287. The van der Waals surface area contributed by atoms with Crippen molar-refractivity contribution >= 4 is 11.6 Å². The predicted molar refractivity (Wildman–Crippen MR) is 73.3 cm³/mol. The van der Waals surface area contributed by atoms with E-state index in [2.05, 4.69) is 0 Å². The molecule has 0 heterocycles. The SMILES string of the molecule is C.CC.CC(=O)Cc1cccc(CC(C)=O)c1. The van der Waals surface area contributed by atoms with Crippen LogP contribution in [0, 0.1) is 0 Å². The number of carbonyl (C=O) groups excluding carboxylic acids is 2. The van der Waals surface area contributed by atoms with Gasteiger partial charge in [-0.25, -0.2) is 0 Å². The molecule has 0 saturated heterocycles. The maximum absolute atomic E-state index is 10.9. The van der Waals surface area contributed by atoms with Crippen molar-refractivity contribution in [1.29, 1.82) is 0 Å². The van der Waals surface area contributed by atoms with Crippen LogP contribution in [0.25, 0.3) is 0 Å². The Labute approximate surface area is 105 Å². The van der Waals surface area contributed by atoms with E-state index in [1.807, 2.05) is 38.1 Å². The molecule has 0 amide bonds. The van der Waals surface area contributed by atoms with E-state index in [1.165, 1.54) is 0 Å². The average Bonchev–Trinajstić information content (AvgIpc) is 2.19. The molecule has 0 aliphatic carbocycles. The summed E-state index contributed by atoms with van der Waals surface area (Å²) >= 11 is 0. The van der Waals surface area contributed by atoms with Gasteiger partial charge in [0.15, 0.2) is 0 Å². The van der Waals surface area contributed by atoms with Gasteiger partial charge in [0.25, 0.3) is 0 Å². The molecule has 0 unspecified atom stereocenters. The Hall–Kier alpha value is -1.44. The van der Waals surface area contributed by atoms with E-state index in [4.69, 9.17) is 0 Å². The van der Waals surface area contributed by atoms with Crippen molar-refractivity contribution in [3.05, 3.63) is 35.4 Å². The molecule has 0 aliphatic rings. The highest BCUT2D eigenvalue weighted by Crippen LogP contribution is 2.07. The summed E-state index contributed by atoms with van der Waals surface area (Å²) < 4.78 is 0. The van der Waals surface area contributed by atoms with E-state index < -0.39 is 0 Å². The first-order valence-corrected chi connectivity index (χ1v) is 5.64. The normalized spacial score (nSPS) is 8.47. The molecule has 1 aromatic rings. The van der Waals surface area contributed by atoms with Crippen LogP contribution in [0.2, 0.25) is 0 Å². The van der Waals surface area contributed by atoms with Crippen molar-refractivity contribution in [2.45, 2.75) is 48.0 Å². The molecule has 0 spiro atoms. The molecule has 1 aromatic carbocycles. The summed E-state index contributed by atoms with van der Waals surface area (Å²) in [6, 6.07) is 7.62. The van der Waals surface area contributed by atoms with E-state index in [1.54, 1.807) is 13.8 Å². The van der Waals surface area contributed by atoms with E-state index in [9.17, 15) is 9.59 Å². The lowest BCUT2D eigenvalue weighted by Gasteiger charge is -2.01. The summed E-state index contributed by atoms with van der Waals surface area (Å²) in [7, 11) is 0. The molecule has 0 aromatic heterocycles. The molecule has 0 N–H and O–H groups in total. The van der Waals surface area contributed by atoms with Gasteiger partial charge in [-0.2, -0.15) is 0 Å². The minimum Gasteiger partial charge on any atom is -0.300 e. The number of ketones is 2. The van der Waals surface area contributed by atoms with Gasteiger partial charge in [0.1, 0.15) is 11.6 Å². The van der Waals surface area contributed by atoms with Crippen LogP contribution < -0.4 is 0 Å². The molecule has 0 fully saturated rings. The number of benzene rings is 1. The maximum atomic E-state index is 10.9. The van der Waals surface area contributed by atoms with Crippen LogP contribution >= 0.6 is 0 Å². The molecule has 0 atom stereocenters. The Morgan fingerprint density at radius 2 is 1.29 bits per heavy atom. The fraction of sp³-hybridized carbons (Fsp3) is 0.467. The summed E-state index contributed by atoms with van der Waals surface area (Å²) in [5.41, 5.74) is 1.97. The van der Waals surface area contributed by atoms with Gasteiger partial charge in [-0.1, -0.05) is 45.5 Å². The lowest BCUT2D eigenvalue weighted by Crippen LogP contribution is -2.00. The molecule has 2 heteroatoms. The zero-order valence-corrected chi connectivity index (χ0v) is 10.5. The molecular weight excluding hydrogens is 212 g/mol. The fourth-order valence-corrected chi connectivity index (χ4v) is 1.42. The predicted octanol–water partition coefficient (Wildman–Crippen LogP) is 3.61. The van der Waals surface area contributed by atoms with E-state index >= 15 is 0 Å². The Bertz CT molecular complexity index is 322. The van der Waals surface area contributed by atoms with Gasteiger partial charge >= 0.3 is 0 Å². The minimum absolute atomic E-state index is 0. The number of hydrogen-bond acceptors (Lipinski definition) is 2. The van der Waals surface area contributed by atoms with Crippen molar-refractivity contribution in [1.82, 2.24) is 0 Å². The Morgan fingerprint density at radius 3 is 1.59 bits per heavy atom. The first-order chi connectivity index (χ1) is 7.58. The van der Waals surface area contributed by atoms with Crippen molar-refractivity contribution < 1.29 is 9.59 Å². The van der Waals surface area contributed by atoms with Gasteiger partial charge in [-0.3, -0.25) is 9.59 Å². The summed E-state index contributed by atoms with van der Waals surface area (Å²) in [5, 5.41) is 0. The van der Waals surface area contributed by atoms with Gasteiger partial charge in [0, 0.05) is 12.8 Å². The van der Waals surface area contributed by atoms with Crippen LogP contribution in [0.5, 0.6) is 0 Å². The van der Waals surface area contributed by atoms with Crippen LogP contribution in [0.4, 0.5) is 0 Å². The molecule has 17 heavy (non-hydrogen) atoms. The molecule has 96 valence electrons. The van der Waals surface area contributed by atoms with E-state index in [0.717, 1.165) is 11.1 Å². The smallest absolute Gasteiger partial charge is 0.134 e. The van der Waals surface area contributed by atoms with Crippen molar-refractivity contribution in [3.8, 4) is 0 Å². The van der Waals surface area contributed by atoms with Crippen molar-refractivity contribution in [2.24, 2.45) is 0 Å². The summed E-state index contributed by atoms with van der Waals surface area (Å²) in [4.78, 5) is 21.8. The zero-order chi connectivity index (χ0) is 12.6.